The largest absolute Gasteiger partial charge is 0.345 e. The molecule has 7 nitrogen and oxygen atoms in total. The zero-order valence-corrected chi connectivity index (χ0v) is 21.0. The van der Waals surface area contributed by atoms with Gasteiger partial charge in [-0.2, -0.15) is 0 Å². The van der Waals surface area contributed by atoms with E-state index in [0.717, 1.165) is 12.1 Å². The molecule has 188 valence electrons. The van der Waals surface area contributed by atoms with Gasteiger partial charge in [0.25, 0.3) is 15.9 Å². The van der Waals surface area contributed by atoms with Gasteiger partial charge in [0.1, 0.15) is 22.0 Å². The molecule has 0 saturated heterocycles. The molecule has 2 N–H and O–H groups in total. The fourth-order valence-electron chi connectivity index (χ4n) is 3.53. The number of sulfonamides is 1. The molecule has 0 fully saturated rings. The Labute approximate surface area is 208 Å². The van der Waals surface area contributed by atoms with Gasteiger partial charge in [-0.25, -0.2) is 17.2 Å². The number of hydrogen-bond donors (Lipinski definition) is 2. The maximum atomic E-state index is 14.1. The summed E-state index contributed by atoms with van der Waals surface area (Å²) in [4.78, 5) is 21.2. The third-order valence-electron chi connectivity index (χ3n) is 5.19. The number of amides is 1. The van der Waals surface area contributed by atoms with Crippen molar-refractivity contribution in [1.82, 2.24) is 15.3 Å². The highest BCUT2D eigenvalue weighted by molar-refractivity contribution is 7.93. The van der Waals surface area contributed by atoms with E-state index in [1.54, 1.807) is 32.0 Å². The first-order valence-electron chi connectivity index (χ1n) is 11.2. The fraction of sp³-hybridized carbons (Fsp3) is 0.192. The van der Waals surface area contributed by atoms with Gasteiger partial charge in [0.2, 0.25) is 0 Å². The van der Waals surface area contributed by atoms with E-state index in [1.165, 1.54) is 36.7 Å². The molecule has 3 aromatic carbocycles. The number of anilines is 1. The number of nitrogens with one attached hydrogen (secondary N) is 2. The van der Waals surface area contributed by atoms with Gasteiger partial charge < -0.3 is 5.32 Å². The summed E-state index contributed by atoms with van der Waals surface area (Å²) in [5, 5.41) is 2.63. The predicted molar refractivity (Wildman–Crippen MR) is 135 cm³/mol. The van der Waals surface area contributed by atoms with E-state index in [4.69, 9.17) is 0 Å². The Bertz CT molecular complexity index is 1510. The van der Waals surface area contributed by atoms with Gasteiger partial charge in [0.05, 0.1) is 22.8 Å². The van der Waals surface area contributed by atoms with Crippen LogP contribution in [0.3, 0.4) is 0 Å². The molecule has 0 spiro atoms. The molecule has 0 aliphatic rings. The van der Waals surface area contributed by atoms with Crippen LogP contribution in [0, 0.1) is 18.6 Å². The number of aryl methyl sites for hydroxylation is 1. The molecule has 1 amide bonds. The zero-order valence-electron chi connectivity index (χ0n) is 20.2. The van der Waals surface area contributed by atoms with Gasteiger partial charge >= 0.3 is 0 Å². The third kappa shape index (κ3) is 5.83. The average molecular weight is 513 g/mol. The summed E-state index contributed by atoms with van der Waals surface area (Å²) in [6.45, 7) is 7.29. The number of nitrogens with zero attached hydrogens (tertiary/aromatic N) is 2. The van der Waals surface area contributed by atoms with Crippen LogP contribution in [0.15, 0.2) is 71.9 Å². The molecule has 0 aliphatic carbocycles. The topological polar surface area (TPSA) is 101 Å². The molecule has 10 heteroatoms. The summed E-state index contributed by atoms with van der Waals surface area (Å²) in [6.07, 6.45) is 2.85. The van der Waals surface area contributed by atoms with Crippen LogP contribution in [0.25, 0.3) is 11.0 Å². The number of hydrogen-bond acceptors (Lipinski definition) is 5. The number of carbonyl (C=O) groups is 1. The summed E-state index contributed by atoms with van der Waals surface area (Å²) < 4.78 is 56.3. The van der Waals surface area contributed by atoms with Gasteiger partial charge in [0, 0.05) is 24.0 Å². The second kappa shape index (κ2) is 11.2. The number of halogens is 2. The van der Waals surface area contributed by atoms with E-state index in [0.29, 0.717) is 11.1 Å². The molecule has 4 rings (SSSR count). The number of para-hydroxylation sites is 1. The fourth-order valence-corrected chi connectivity index (χ4v) is 4.77. The Kier molecular flexibility index (Phi) is 8.31. The smallest absolute Gasteiger partial charge is 0.264 e. The highest BCUT2D eigenvalue weighted by atomic mass is 32.2. The molecule has 0 radical (unpaired) electrons. The molecular weight excluding hydrogens is 486 g/mol. The molecule has 0 bridgehead atoms. The summed E-state index contributed by atoms with van der Waals surface area (Å²) in [5.41, 5.74) is 1.49. The van der Waals surface area contributed by atoms with Crippen molar-refractivity contribution in [2.75, 3.05) is 4.72 Å². The van der Waals surface area contributed by atoms with Crippen molar-refractivity contribution in [1.29, 1.82) is 0 Å². The predicted octanol–water partition coefficient (Wildman–Crippen LogP) is 5.53. The van der Waals surface area contributed by atoms with Gasteiger partial charge in [-0.15, -0.1) is 0 Å². The number of carbonyl (C=O) groups excluding carboxylic acids is 1. The first-order chi connectivity index (χ1) is 17.2. The molecule has 0 saturated carbocycles. The van der Waals surface area contributed by atoms with Gasteiger partial charge in [-0.05, 0) is 49.7 Å². The van der Waals surface area contributed by atoms with E-state index in [-0.39, 0.29) is 27.2 Å². The van der Waals surface area contributed by atoms with Gasteiger partial charge in [-0.1, -0.05) is 32.0 Å². The Morgan fingerprint density at radius 3 is 2.42 bits per heavy atom. The van der Waals surface area contributed by atoms with Crippen LogP contribution in [-0.2, 0) is 10.0 Å². The quantitative estimate of drug-likeness (QED) is 0.354. The van der Waals surface area contributed by atoms with Crippen LogP contribution in [0.5, 0.6) is 0 Å². The lowest BCUT2D eigenvalue weighted by Crippen LogP contribution is -2.28. The molecule has 1 atom stereocenters. The van der Waals surface area contributed by atoms with Crippen LogP contribution in [0.4, 0.5) is 14.5 Å². The number of aromatic nitrogens is 2. The number of benzene rings is 3. The van der Waals surface area contributed by atoms with Crippen molar-refractivity contribution in [3.05, 3.63) is 95.3 Å². The minimum atomic E-state index is -4.14. The molecule has 4 aromatic rings. The lowest BCUT2D eigenvalue weighted by Gasteiger charge is -2.18. The first kappa shape index (κ1) is 26.7. The summed E-state index contributed by atoms with van der Waals surface area (Å²) in [7, 11) is -4.14. The van der Waals surface area contributed by atoms with Crippen LogP contribution < -0.4 is 10.0 Å². The zero-order chi connectivity index (χ0) is 26.5. The summed E-state index contributed by atoms with van der Waals surface area (Å²) >= 11 is 0. The number of rotatable bonds is 6. The lowest BCUT2D eigenvalue weighted by molar-refractivity contribution is 0.0940. The Hall–Kier alpha value is -3.92. The van der Waals surface area contributed by atoms with Crippen molar-refractivity contribution in [3.8, 4) is 0 Å². The molecule has 1 aromatic heterocycles. The van der Waals surface area contributed by atoms with Crippen molar-refractivity contribution < 1.29 is 22.0 Å². The van der Waals surface area contributed by atoms with E-state index >= 15 is 0 Å². The Morgan fingerprint density at radius 2 is 1.69 bits per heavy atom. The van der Waals surface area contributed by atoms with Crippen LogP contribution in [0.1, 0.15) is 48.3 Å². The van der Waals surface area contributed by atoms with Crippen molar-refractivity contribution in [2.24, 2.45) is 0 Å². The molecular formula is C26H26F2N4O3S. The maximum absolute atomic E-state index is 14.1. The normalized spacial score (nSPS) is 11.8. The van der Waals surface area contributed by atoms with Crippen LogP contribution in [0.2, 0.25) is 0 Å². The molecule has 0 aliphatic heterocycles. The third-order valence-corrected chi connectivity index (χ3v) is 6.59. The van der Waals surface area contributed by atoms with E-state index in [2.05, 4.69) is 20.0 Å². The Balaban J connectivity index is 0.00000176. The summed E-state index contributed by atoms with van der Waals surface area (Å²) in [6, 6.07) is 11.5. The summed E-state index contributed by atoms with van der Waals surface area (Å²) in [5.74, 6) is -2.16. The van der Waals surface area contributed by atoms with Gasteiger partial charge in [-0.3, -0.25) is 19.5 Å². The monoisotopic (exact) mass is 512 g/mol. The van der Waals surface area contributed by atoms with Gasteiger partial charge in [0.15, 0.2) is 0 Å². The second-order valence-corrected chi connectivity index (χ2v) is 9.35. The molecule has 1 unspecified atom stereocenters. The van der Waals surface area contributed by atoms with Crippen LogP contribution >= 0.6 is 0 Å². The van der Waals surface area contributed by atoms with E-state index in [9.17, 15) is 22.0 Å². The minimum Gasteiger partial charge on any atom is -0.345 e. The van der Waals surface area contributed by atoms with E-state index in [1.807, 2.05) is 13.8 Å². The van der Waals surface area contributed by atoms with E-state index < -0.39 is 33.6 Å². The van der Waals surface area contributed by atoms with Crippen LogP contribution in [-0.4, -0.2) is 24.3 Å². The highest BCUT2D eigenvalue weighted by Crippen LogP contribution is 2.26. The maximum Gasteiger partial charge on any atom is 0.264 e. The minimum absolute atomic E-state index is 0.0369. The first-order valence-corrected chi connectivity index (χ1v) is 12.7. The molecule has 1 heterocycles. The second-order valence-electron chi connectivity index (χ2n) is 7.70. The number of fused-ring (bicyclic) bond motifs is 1. The Morgan fingerprint density at radius 1 is 0.972 bits per heavy atom. The molecule has 36 heavy (non-hydrogen) atoms. The van der Waals surface area contributed by atoms with Crippen molar-refractivity contribution in [2.45, 2.75) is 38.6 Å². The SMILES string of the molecule is CC.Cc1ccc(C(=O)NC(C)c2ccc(F)cc2F)c(NS(=O)(=O)c2cccc3nccnc23)c1. The average Bonchev–Trinajstić information content (AvgIpc) is 2.84. The van der Waals surface area contributed by atoms with Crippen molar-refractivity contribution in [3.63, 3.8) is 0 Å². The standard InChI is InChI=1S/C24H20F2N4O3S.C2H6/c1-14-6-8-18(24(31)29-15(2)17-9-7-16(25)13-19(17)26)21(12-14)30-34(32,33)22-5-3-4-20-23(22)28-11-10-27-20;1-2/h3-13,15,30H,1-2H3,(H,29,31);1-2H3. The lowest BCUT2D eigenvalue weighted by atomic mass is 10.1. The highest BCUT2D eigenvalue weighted by Gasteiger charge is 2.23. The van der Waals surface area contributed by atoms with Crippen molar-refractivity contribution >= 4 is 32.7 Å².